The Morgan fingerprint density at radius 1 is 0.971 bits per heavy atom. The molecular weight excluding hydrogens is 438 g/mol. The molecule has 0 amide bonds. The van der Waals surface area contributed by atoms with Crippen molar-refractivity contribution in [2.45, 2.75) is 51.5 Å². The Balaban J connectivity index is 0.996. The number of benzene rings is 2. The highest BCUT2D eigenvalue weighted by atomic mass is 16.5. The van der Waals surface area contributed by atoms with E-state index in [1.807, 2.05) is 0 Å². The van der Waals surface area contributed by atoms with Gasteiger partial charge in [-0.15, -0.1) is 0 Å². The summed E-state index contributed by atoms with van der Waals surface area (Å²) in [6, 6.07) is 15.0. The quantitative estimate of drug-likeness (QED) is 0.661. The molecule has 1 spiro atoms. The highest BCUT2D eigenvalue weighted by molar-refractivity contribution is 5.41. The third-order valence-electron chi connectivity index (χ3n) is 8.43. The van der Waals surface area contributed by atoms with Crippen LogP contribution in [-0.2, 0) is 19.5 Å². The molecule has 1 saturated carbocycles. The van der Waals surface area contributed by atoms with Crippen molar-refractivity contribution in [1.82, 2.24) is 14.7 Å². The van der Waals surface area contributed by atoms with Crippen LogP contribution in [0.4, 0.5) is 0 Å². The first kappa shape index (κ1) is 23.3. The zero-order valence-corrected chi connectivity index (χ0v) is 21.0. The maximum Gasteiger partial charge on any atom is 0.127 e. The van der Waals surface area contributed by atoms with Crippen molar-refractivity contribution < 1.29 is 14.6 Å². The van der Waals surface area contributed by atoms with Gasteiger partial charge in [0.25, 0.3) is 0 Å². The molecule has 6 nitrogen and oxygen atoms in total. The topological polar surface area (TPSA) is 48.4 Å². The highest BCUT2D eigenvalue weighted by Crippen LogP contribution is 2.49. The van der Waals surface area contributed by atoms with Gasteiger partial charge in [0.15, 0.2) is 0 Å². The van der Waals surface area contributed by atoms with Crippen LogP contribution in [0.3, 0.4) is 0 Å². The van der Waals surface area contributed by atoms with E-state index in [0.29, 0.717) is 31.2 Å². The first-order chi connectivity index (χ1) is 17.1. The Morgan fingerprint density at radius 2 is 1.71 bits per heavy atom. The van der Waals surface area contributed by atoms with Gasteiger partial charge in [0.2, 0.25) is 0 Å². The standard InChI is InChI=1S/C29H39N3O3/c1-2-30-20-29(21-30)14-27(15-29)35-26-8-7-24-17-32(11-12-34-28(24)13-26)19-25(33)18-31-10-9-22-5-3-4-6-23(22)16-31/h3-8,13,25,27,33H,2,9-12,14-21H2,1H3/t25-/m1/s1. The van der Waals surface area contributed by atoms with Crippen LogP contribution < -0.4 is 9.47 Å². The lowest BCUT2D eigenvalue weighted by molar-refractivity contribution is -0.117. The Labute approximate surface area is 209 Å². The minimum absolute atomic E-state index is 0.339. The fourth-order valence-corrected chi connectivity index (χ4v) is 6.56. The van der Waals surface area contributed by atoms with E-state index in [1.54, 1.807) is 0 Å². The Morgan fingerprint density at radius 3 is 2.51 bits per heavy atom. The number of hydrogen-bond acceptors (Lipinski definition) is 6. The van der Waals surface area contributed by atoms with E-state index in [4.69, 9.17) is 9.47 Å². The van der Waals surface area contributed by atoms with Crippen LogP contribution in [0.1, 0.15) is 36.5 Å². The lowest BCUT2D eigenvalue weighted by atomic mass is 9.62. The summed E-state index contributed by atoms with van der Waals surface area (Å²) in [7, 11) is 0. The molecule has 35 heavy (non-hydrogen) atoms. The fourth-order valence-electron chi connectivity index (χ4n) is 6.56. The lowest BCUT2D eigenvalue weighted by Gasteiger charge is -2.58. The number of nitrogens with zero attached hydrogens (tertiary/aromatic N) is 3. The Kier molecular flexibility index (Phi) is 6.48. The molecule has 6 rings (SSSR count). The molecular formula is C29H39N3O3. The number of aliphatic hydroxyl groups is 1. The average molecular weight is 478 g/mol. The predicted molar refractivity (Wildman–Crippen MR) is 137 cm³/mol. The van der Waals surface area contributed by atoms with Gasteiger partial charge in [0.1, 0.15) is 18.1 Å². The number of hydrogen-bond donors (Lipinski definition) is 1. The van der Waals surface area contributed by atoms with Crippen LogP contribution in [0, 0.1) is 5.41 Å². The minimum atomic E-state index is -0.370. The molecule has 6 heteroatoms. The zero-order valence-electron chi connectivity index (χ0n) is 21.0. The van der Waals surface area contributed by atoms with Crippen LogP contribution in [0.25, 0.3) is 0 Å². The van der Waals surface area contributed by atoms with Crippen LogP contribution >= 0.6 is 0 Å². The van der Waals surface area contributed by atoms with E-state index < -0.39 is 0 Å². The lowest BCUT2D eigenvalue weighted by Crippen LogP contribution is -2.64. The van der Waals surface area contributed by atoms with Gasteiger partial charge >= 0.3 is 0 Å². The number of aliphatic hydroxyl groups excluding tert-OH is 1. The molecule has 2 aromatic rings. The van der Waals surface area contributed by atoms with Gasteiger partial charge in [-0.3, -0.25) is 9.80 Å². The SMILES string of the molecule is CCN1CC2(CC(Oc3ccc4c(c3)OCCN(C[C@H](O)CN3CCc5ccccc5C3)C4)C2)C1. The van der Waals surface area contributed by atoms with E-state index >= 15 is 0 Å². The first-order valence-electron chi connectivity index (χ1n) is 13.4. The van der Waals surface area contributed by atoms with Gasteiger partial charge < -0.3 is 19.5 Å². The van der Waals surface area contributed by atoms with Crippen molar-refractivity contribution in [3.8, 4) is 11.5 Å². The highest BCUT2D eigenvalue weighted by Gasteiger charge is 2.52. The summed E-state index contributed by atoms with van der Waals surface area (Å²) < 4.78 is 12.4. The molecule has 1 saturated heterocycles. The average Bonchev–Trinajstić information content (AvgIpc) is 3.00. The van der Waals surface area contributed by atoms with Crippen molar-refractivity contribution in [1.29, 1.82) is 0 Å². The number of ether oxygens (including phenoxy) is 2. The van der Waals surface area contributed by atoms with E-state index in [1.165, 1.54) is 42.6 Å². The van der Waals surface area contributed by atoms with Crippen LogP contribution in [0.2, 0.25) is 0 Å². The molecule has 1 aliphatic carbocycles. The second-order valence-electron chi connectivity index (χ2n) is 11.2. The normalized spacial score (nSPS) is 23.4. The van der Waals surface area contributed by atoms with E-state index in [2.05, 4.69) is 64.1 Å². The van der Waals surface area contributed by atoms with Gasteiger partial charge in [-0.1, -0.05) is 37.3 Å². The summed E-state index contributed by atoms with van der Waals surface area (Å²) in [6.07, 6.45) is 3.39. The maximum atomic E-state index is 10.9. The van der Waals surface area contributed by atoms with Gasteiger partial charge in [-0.05, 0) is 43.0 Å². The second kappa shape index (κ2) is 9.74. The molecule has 0 radical (unpaired) electrons. The molecule has 0 unspecified atom stereocenters. The predicted octanol–water partition coefficient (Wildman–Crippen LogP) is 3.16. The first-order valence-corrected chi connectivity index (χ1v) is 13.4. The van der Waals surface area contributed by atoms with Gasteiger partial charge in [-0.25, -0.2) is 0 Å². The Bertz CT molecular complexity index is 1030. The van der Waals surface area contributed by atoms with Crippen molar-refractivity contribution in [3.63, 3.8) is 0 Å². The number of β-amino-alcohol motifs (C(OH)–C–C–N with tert-alkyl or cyclic N) is 1. The molecule has 2 aromatic carbocycles. The molecule has 4 aliphatic rings. The minimum Gasteiger partial charge on any atom is -0.492 e. The summed E-state index contributed by atoms with van der Waals surface area (Å²) in [6.45, 7) is 11.5. The van der Waals surface area contributed by atoms with Crippen LogP contribution in [-0.4, -0.2) is 84.4 Å². The van der Waals surface area contributed by atoms with E-state index in [0.717, 1.165) is 50.6 Å². The summed E-state index contributed by atoms with van der Waals surface area (Å²) in [5, 5.41) is 10.9. The van der Waals surface area contributed by atoms with E-state index in [9.17, 15) is 5.11 Å². The third kappa shape index (κ3) is 5.08. The zero-order chi connectivity index (χ0) is 23.8. The number of rotatable bonds is 7. The Hall–Kier alpha value is -2.12. The summed E-state index contributed by atoms with van der Waals surface area (Å²) in [5.74, 6) is 1.86. The number of fused-ring (bicyclic) bond motifs is 2. The van der Waals surface area contributed by atoms with Crippen molar-refractivity contribution in [2.24, 2.45) is 5.41 Å². The molecule has 3 heterocycles. The summed E-state index contributed by atoms with van der Waals surface area (Å²) in [4.78, 5) is 7.22. The summed E-state index contributed by atoms with van der Waals surface area (Å²) in [5.41, 5.74) is 4.55. The largest absolute Gasteiger partial charge is 0.492 e. The molecule has 1 N–H and O–H groups in total. The van der Waals surface area contributed by atoms with Gasteiger partial charge in [-0.2, -0.15) is 0 Å². The van der Waals surface area contributed by atoms with Crippen LogP contribution in [0.5, 0.6) is 11.5 Å². The molecule has 0 bridgehead atoms. The van der Waals surface area contributed by atoms with Crippen molar-refractivity contribution >= 4 is 0 Å². The van der Waals surface area contributed by atoms with Crippen LogP contribution in [0.15, 0.2) is 42.5 Å². The van der Waals surface area contributed by atoms with Gasteiger partial charge in [0, 0.05) is 69.4 Å². The maximum absolute atomic E-state index is 10.9. The van der Waals surface area contributed by atoms with Crippen molar-refractivity contribution in [3.05, 3.63) is 59.2 Å². The molecule has 2 fully saturated rings. The van der Waals surface area contributed by atoms with Gasteiger partial charge in [0.05, 0.1) is 12.2 Å². The smallest absolute Gasteiger partial charge is 0.127 e. The van der Waals surface area contributed by atoms with E-state index in [-0.39, 0.29) is 6.10 Å². The third-order valence-corrected chi connectivity index (χ3v) is 8.43. The summed E-state index contributed by atoms with van der Waals surface area (Å²) >= 11 is 0. The monoisotopic (exact) mass is 477 g/mol. The molecule has 1 atom stereocenters. The fraction of sp³-hybridized carbons (Fsp3) is 0.586. The second-order valence-corrected chi connectivity index (χ2v) is 11.2. The number of likely N-dealkylation sites (tertiary alicyclic amines) is 1. The molecule has 188 valence electrons. The van der Waals surface area contributed by atoms with Crippen molar-refractivity contribution in [2.75, 3.05) is 52.4 Å². The molecule has 0 aromatic heterocycles. The molecule has 3 aliphatic heterocycles.